The molecule has 1 aromatic carbocycles. The van der Waals surface area contributed by atoms with Crippen LogP contribution in [0, 0.1) is 6.07 Å². The average Bonchev–Trinajstić information content (AvgIpc) is 1.95. The number of halogens is 2. The van der Waals surface area contributed by atoms with Crippen molar-refractivity contribution in [2.75, 3.05) is 7.11 Å². The Labute approximate surface area is 73.1 Å². The summed E-state index contributed by atoms with van der Waals surface area (Å²) in [4.78, 5) is 0. The van der Waals surface area contributed by atoms with Crippen molar-refractivity contribution in [1.82, 2.24) is 0 Å². The van der Waals surface area contributed by atoms with Crippen molar-refractivity contribution in [3.63, 3.8) is 0 Å². The zero-order valence-electron chi connectivity index (χ0n) is 5.32. The number of rotatable bonds is 1. The van der Waals surface area contributed by atoms with E-state index in [2.05, 4.69) is 22.0 Å². The van der Waals surface area contributed by atoms with E-state index in [1.165, 1.54) is 0 Å². The molecule has 0 saturated carbocycles. The van der Waals surface area contributed by atoms with Crippen LogP contribution in [0.25, 0.3) is 0 Å². The van der Waals surface area contributed by atoms with Crippen LogP contribution in [0.1, 0.15) is 0 Å². The minimum absolute atomic E-state index is 0.570. The average molecular weight is 220 g/mol. The van der Waals surface area contributed by atoms with Gasteiger partial charge in [0, 0.05) is 10.5 Å². The van der Waals surface area contributed by atoms with Gasteiger partial charge in [0.05, 0.1) is 12.1 Å². The molecule has 0 N–H and O–H groups in total. The summed E-state index contributed by atoms with van der Waals surface area (Å²) in [5.74, 6) is 0.747. The summed E-state index contributed by atoms with van der Waals surface area (Å²) in [6.45, 7) is 0. The highest BCUT2D eigenvalue weighted by molar-refractivity contribution is 9.10. The van der Waals surface area contributed by atoms with Gasteiger partial charge in [-0.2, -0.15) is 0 Å². The molecule has 1 radical (unpaired) electrons. The van der Waals surface area contributed by atoms with Crippen LogP contribution in [-0.2, 0) is 0 Å². The first kappa shape index (κ1) is 7.89. The zero-order valence-corrected chi connectivity index (χ0v) is 7.66. The van der Waals surface area contributed by atoms with E-state index in [-0.39, 0.29) is 0 Å². The molecule has 0 aromatic heterocycles. The molecule has 53 valence electrons. The summed E-state index contributed by atoms with van der Waals surface area (Å²) in [6, 6.07) is 6.29. The van der Waals surface area contributed by atoms with Crippen molar-refractivity contribution >= 4 is 27.5 Å². The molecule has 0 saturated heterocycles. The fourth-order valence-electron chi connectivity index (χ4n) is 0.551. The van der Waals surface area contributed by atoms with Gasteiger partial charge in [-0.05, 0) is 28.1 Å². The second kappa shape index (κ2) is 3.26. The first-order valence-corrected chi connectivity index (χ1v) is 3.82. The summed E-state index contributed by atoms with van der Waals surface area (Å²) < 4.78 is 5.73. The second-order valence-corrected chi connectivity index (χ2v) is 2.93. The highest BCUT2D eigenvalue weighted by atomic mass is 79.9. The third-order valence-electron chi connectivity index (χ3n) is 1.06. The SMILES string of the molecule is COc1c[c]c(Cl)c(Br)c1. The summed E-state index contributed by atoms with van der Waals surface area (Å²) in [6.07, 6.45) is 0. The molecule has 0 amide bonds. The lowest BCUT2D eigenvalue weighted by molar-refractivity contribution is 0.414. The number of methoxy groups -OCH3 is 1. The quantitative estimate of drug-likeness (QED) is 0.707. The van der Waals surface area contributed by atoms with Crippen LogP contribution in [0.5, 0.6) is 5.75 Å². The van der Waals surface area contributed by atoms with E-state index in [9.17, 15) is 0 Å². The van der Waals surface area contributed by atoms with Crippen LogP contribution in [0.4, 0.5) is 0 Å². The number of hydrogen-bond acceptors (Lipinski definition) is 1. The van der Waals surface area contributed by atoms with Gasteiger partial charge in [0.15, 0.2) is 0 Å². The maximum absolute atomic E-state index is 5.68. The van der Waals surface area contributed by atoms with Crippen LogP contribution in [0.3, 0.4) is 0 Å². The predicted molar refractivity (Wildman–Crippen MR) is 44.5 cm³/mol. The van der Waals surface area contributed by atoms with Crippen molar-refractivity contribution in [3.8, 4) is 5.75 Å². The second-order valence-electron chi connectivity index (χ2n) is 1.70. The Bertz CT molecular complexity index is 237. The Morgan fingerprint density at radius 1 is 1.70 bits per heavy atom. The topological polar surface area (TPSA) is 9.23 Å². The number of hydrogen-bond donors (Lipinski definition) is 0. The Morgan fingerprint density at radius 2 is 2.40 bits per heavy atom. The molecule has 0 aliphatic rings. The van der Waals surface area contributed by atoms with Gasteiger partial charge in [-0.3, -0.25) is 0 Å². The lowest BCUT2D eigenvalue weighted by Gasteiger charge is -1.99. The van der Waals surface area contributed by atoms with Gasteiger partial charge in [0.1, 0.15) is 5.75 Å². The van der Waals surface area contributed by atoms with Crippen LogP contribution >= 0.6 is 27.5 Å². The third-order valence-corrected chi connectivity index (χ3v) is 2.22. The van der Waals surface area contributed by atoms with Crippen LogP contribution in [0.15, 0.2) is 16.6 Å². The molecule has 0 unspecified atom stereocenters. The van der Waals surface area contributed by atoms with E-state index in [0.29, 0.717) is 5.02 Å². The van der Waals surface area contributed by atoms with Gasteiger partial charge in [0.25, 0.3) is 0 Å². The Morgan fingerprint density at radius 3 is 2.90 bits per heavy atom. The first-order valence-electron chi connectivity index (χ1n) is 2.65. The summed E-state index contributed by atoms with van der Waals surface area (Å²) >= 11 is 8.92. The summed E-state index contributed by atoms with van der Waals surface area (Å²) in [5, 5.41) is 0.570. The van der Waals surface area contributed by atoms with Crippen LogP contribution in [0.2, 0.25) is 5.02 Å². The smallest absolute Gasteiger partial charge is 0.120 e. The van der Waals surface area contributed by atoms with Crippen molar-refractivity contribution in [2.45, 2.75) is 0 Å². The maximum atomic E-state index is 5.68. The van der Waals surface area contributed by atoms with E-state index < -0.39 is 0 Å². The van der Waals surface area contributed by atoms with Crippen molar-refractivity contribution < 1.29 is 4.74 Å². The fourth-order valence-corrected chi connectivity index (χ4v) is 1.00. The molecule has 0 fully saturated rings. The Kier molecular flexibility index (Phi) is 2.57. The summed E-state index contributed by atoms with van der Waals surface area (Å²) in [5.41, 5.74) is 0. The Hall–Kier alpha value is -0.210. The molecular weight excluding hydrogens is 215 g/mol. The maximum Gasteiger partial charge on any atom is 0.120 e. The molecule has 0 heterocycles. The van der Waals surface area contributed by atoms with E-state index in [1.807, 2.05) is 0 Å². The third kappa shape index (κ3) is 1.64. The van der Waals surface area contributed by atoms with E-state index in [1.54, 1.807) is 19.2 Å². The predicted octanol–water partition coefficient (Wildman–Crippen LogP) is 2.91. The lowest BCUT2D eigenvalue weighted by Crippen LogP contribution is -1.81. The molecule has 0 atom stereocenters. The molecule has 0 bridgehead atoms. The molecule has 0 aliphatic heterocycles. The molecular formula is C7H5BrClO. The van der Waals surface area contributed by atoms with E-state index in [4.69, 9.17) is 16.3 Å². The minimum Gasteiger partial charge on any atom is -0.497 e. The standard InChI is InChI=1S/C7H5BrClO/c1-10-5-2-3-7(9)6(8)4-5/h2,4H,1H3. The molecule has 1 rings (SSSR count). The monoisotopic (exact) mass is 219 g/mol. The van der Waals surface area contributed by atoms with Crippen molar-refractivity contribution in [1.29, 1.82) is 0 Å². The highest BCUT2D eigenvalue weighted by Crippen LogP contribution is 2.25. The zero-order chi connectivity index (χ0) is 7.56. The summed E-state index contributed by atoms with van der Waals surface area (Å²) in [7, 11) is 1.60. The Balaban J connectivity index is 3.04. The van der Waals surface area contributed by atoms with Crippen molar-refractivity contribution in [3.05, 3.63) is 27.7 Å². The van der Waals surface area contributed by atoms with Crippen LogP contribution in [-0.4, -0.2) is 7.11 Å². The van der Waals surface area contributed by atoms with E-state index >= 15 is 0 Å². The molecule has 1 nitrogen and oxygen atoms in total. The largest absolute Gasteiger partial charge is 0.497 e. The molecule has 3 heteroatoms. The molecule has 0 spiro atoms. The van der Waals surface area contributed by atoms with Gasteiger partial charge in [-0.1, -0.05) is 11.6 Å². The molecule has 0 aliphatic carbocycles. The molecule has 1 aromatic rings. The van der Waals surface area contributed by atoms with E-state index in [0.717, 1.165) is 10.2 Å². The van der Waals surface area contributed by atoms with Gasteiger partial charge in [0.2, 0.25) is 0 Å². The van der Waals surface area contributed by atoms with Gasteiger partial charge >= 0.3 is 0 Å². The number of benzene rings is 1. The first-order chi connectivity index (χ1) is 4.74. The van der Waals surface area contributed by atoms with Gasteiger partial charge < -0.3 is 4.74 Å². The van der Waals surface area contributed by atoms with Gasteiger partial charge in [-0.15, -0.1) is 0 Å². The fraction of sp³-hybridized carbons (Fsp3) is 0.143. The lowest BCUT2D eigenvalue weighted by atomic mass is 10.3. The minimum atomic E-state index is 0.570. The highest BCUT2D eigenvalue weighted by Gasteiger charge is 1.97. The number of ether oxygens (including phenoxy) is 1. The van der Waals surface area contributed by atoms with Crippen LogP contribution < -0.4 is 4.74 Å². The van der Waals surface area contributed by atoms with Gasteiger partial charge in [-0.25, -0.2) is 0 Å². The molecule has 10 heavy (non-hydrogen) atoms. The normalized spacial score (nSPS) is 9.50. The van der Waals surface area contributed by atoms with Crippen molar-refractivity contribution in [2.24, 2.45) is 0 Å².